The summed E-state index contributed by atoms with van der Waals surface area (Å²) >= 11 is 0. The molecule has 0 fully saturated rings. The van der Waals surface area contributed by atoms with Gasteiger partial charge in [-0.25, -0.2) is 0 Å². The van der Waals surface area contributed by atoms with Crippen molar-refractivity contribution in [3.63, 3.8) is 0 Å². The predicted octanol–water partition coefficient (Wildman–Crippen LogP) is 7.64. The smallest absolute Gasteiger partial charge is 0.305 e. The van der Waals surface area contributed by atoms with Gasteiger partial charge in [0.1, 0.15) is 0 Å². The summed E-state index contributed by atoms with van der Waals surface area (Å²) in [7, 11) is 0. The molecule has 154 valence electrons. The topological polar surface area (TPSA) is 26.3 Å². The minimum Gasteiger partial charge on any atom is -0.466 e. The van der Waals surface area contributed by atoms with E-state index in [-0.39, 0.29) is 5.97 Å². The molecular formula is C25H42O2. The molecule has 0 saturated heterocycles. The summed E-state index contributed by atoms with van der Waals surface area (Å²) in [6.45, 7) is 2.87. The highest BCUT2D eigenvalue weighted by Crippen LogP contribution is 2.12. The number of hydrogen-bond donors (Lipinski definition) is 0. The van der Waals surface area contributed by atoms with Gasteiger partial charge in [0.2, 0.25) is 0 Å². The Morgan fingerprint density at radius 3 is 1.78 bits per heavy atom. The number of benzene rings is 1. The van der Waals surface area contributed by atoms with E-state index < -0.39 is 0 Å². The Bertz CT molecular complexity index is 441. The fraction of sp³-hybridized carbons (Fsp3) is 0.720. The third-order valence-electron chi connectivity index (χ3n) is 5.20. The third kappa shape index (κ3) is 15.4. The Hall–Kier alpha value is -1.31. The van der Waals surface area contributed by atoms with Crippen LogP contribution in [0.25, 0.3) is 0 Å². The van der Waals surface area contributed by atoms with Gasteiger partial charge in [-0.2, -0.15) is 0 Å². The van der Waals surface area contributed by atoms with E-state index in [4.69, 9.17) is 4.74 Å². The van der Waals surface area contributed by atoms with Crippen LogP contribution >= 0.6 is 0 Å². The molecule has 0 amide bonds. The monoisotopic (exact) mass is 374 g/mol. The quantitative estimate of drug-likeness (QED) is 0.195. The van der Waals surface area contributed by atoms with Crippen LogP contribution in [-0.2, 0) is 16.0 Å². The molecule has 0 heterocycles. The maximum absolute atomic E-state index is 11.7. The lowest BCUT2D eigenvalue weighted by molar-refractivity contribution is -0.143. The molecule has 1 aromatic carbocycles. The Labute approximate surface area is 168 Å². The lowest BCUT2D eigenvalue weighted by atomic mass is 10.0. The van der Waals surface area contributed by atoms with Crippen molar-refractivity contribution >= 4 is 5.97 Å². The van der Waals surface area contributed by atoms with Crippen LogP contribution in [0.3, 0.4) is 0 Å². The van der Waals surface area contributed by atoms with Crippen LogP contribution < -0.4 is 0 Å². The van der Waals surface area contributed by atoms with Crippen LogP contribution in [-0.4, -0.2) is 12.6 Å². The number of rotatable bonds is 18. The second-order valence-corrected chi connectivity index (χ2v) is 7.80. The summed E-state index contributed by atoms with van der Waals surface area (Å²) in [5.41, 5.74) is 1.29. The first kappa shape index (κ1) is 23.7. The molecule has 0 N–H and O–H groups in total. The van der Waals surface area contributed by atoms with Gasteiger partial charge in [0.15, 0.2) is 0 Å². The normalized spacial score (nSPS) is 10.9. The Kier molecular flexibility index (Phi) is 15.9. The fourth-order valence-electron chi connectivity index (χ4n) is 3.46. The molecule has 0 aliphatic rings. The Balaban J connectivity index is 1.77. The molecule has 0 bridgehead atoms. The number of aryl methyl sites for hydroxylation is 1. The summed E-state index contributed by atoms with van der Waals surface area (Å²) in [6, 6.07) is 10.3. The van der Waals surface area contributed by atoms with E-state index in [0.717, 1.165) is 19.3 Å². The zero-order valence-electron chi connectivity index (χ0n) is 17.7. The second-order valence-electron chi connectivity index (χ2n) is 7.80. The van der Waals surface area contributed by atoms with E-state index >= 15 is 0 Å². The van der Waals surface area contributed by atoms with Crippen molar-refractivity contribution in [1.82, 2.24) is 0 Å². The average molecular weight is 375 g/mol. The molecule has 2 nitrogen and oxygen atoms in total. The summed E-state index contributed by atoms with van der Waals surface area (Å²) in [4.78, 5) is 11.7. The van der Waals surface area contributed by atoms with Gasteiger partial charge in [-0.3, -0.25) is 4.79 Å². The van der Waals surface area contributed by atoms with Crippen LogP contribution in [0.2, 0.25) is 0 Å². The van der Waals surface area contributed by atoms with Crippen molar-refractivity contribution in [2.45, 2.75) is 110 Å². The molecule has 0 unspecified atom stereocenters. The largest absolute Gasteiger partial charge is 0.466 e. The van der Waals surface area contributed by atoms with Gasteiger partial charge in [0, 0.05) is 6.42 Å². The summed E-state index contributed by atoms with van der Waals surface area (Å²) in [5, 5.41) is 0. The van der Waals surface area contributed by atoms with E-state index in [1.807, 2.05) is 18.2 Å². The minimum absolute atomic E-state index is 0.0372. The first-order chi connectivity index (χ1) is 13.3. The molecule has 0 aliphatic heterocycles. The van der Waals surface area contributed by atoms with Crippen molar-refractivity contribution in [3.8, 4) is 0 Å². The average Bonchev–Trinajstić information content (AvgIpc) is 2.69. The molecular weight excluding hydrogens is 332 g/mol. The van der Waals surface area contributed by atoms with Crippen LogP contribution in [0.1, 0.15) is 109 Å². The number of esters is 1. The van der Waals surface area contributed by atoms with Crippen molar-refractivity contribution in [1.29, 1.82) is 0 Å². The summed E-state index contributed by atoms with van der Waals surface area (Å²) in [5.74, 6) is -0.0372. The van der Waals surface area contributed by atoms with Crippen molar-refractivity contribution in [2.75, 3.05) is 6.61 Å². The lowest BCUT2D eigenvalue weighted by Crippen LogP contribution is -2.06. The minimum atomic E-state index is -0.0372. The molecule has 0 spiro atoms. The van der Waals surface area contributed by atoms with Crippen LogP contribution in [0.5, 0.6) is 0 Å². The molecule has 0 aromatic heterocycles. The first-order valence-electron chi connectivity index (χ1n) is 11.5. The Morgan fingerprint density at radius 2 is 1.22 bits per heavy atom. The van der Waals surface area contributed by atoms with Crippen LogP contribution in [0.15, 0.2) is 30.3 Å². The number of unbranched alkanes of at least 4 members (excludes halogenated alkanes) is 12. The Morgan fingerprint density at radius 1 is 0.704 bits per heavy atom. The lowest BCUT2D eigenvalue weighted by Gasteiger charge is -2.05. The first-order valence-corrected chi connectivity index (χ1v) is 11.5. The highest BCUT2D eigenvalue weighted by molar-refractivity contribution is 5.69. The maximum atomic E-state index is 11.7. The van der Waals surface area contributed by atoms with Gasteiger partial charge in [-0.05, 0) is 24.8 Å². The van der Waals surface area contributed by atoms with Gasteiger partial charge in [0.25, 0.3) is 0 Å². The van der Waals surface area contributed by atoms with Gasteiger partial charge in [0.05, 0.1) is 6.61 Å². The standard InChI is InChI=1S/C25H42O2/c1-2-3-4-5-6-7-8-9-10-11-12-13-17-23-27-25(26)22-18-21-24-19-15-14-16-20-24/h14-16,19-20H,2-13,17-18,21-23H2,1H3. The van der Waals surface area contributed by atoms with E-state index in [1.165, 1.54) is 82.6 Å². The number of ether oxygens (including phenoxy) is 1. The van der Waals surface area contributed by atoms with Gasteiger partial charge in [-0.15, -0.1) is 0 Å². The van der Waals surface area contributed by atoms with E-state index in [9.17, 15) is 4.79 Å². The third-order valence-corrected chi connectivity index (χ3v) is 5.20. The zero-order valence-corrected chi connectivity index (χ0v) is 17.7. The van der Waals surface area contributed by atoms with Crippen LogP contribution in [0.4, 0.5) is 0 Å². The molecule has 27 heavy (non-hydrogen) atoms. The zero-order chi connectivity index (χ0) is 19.4. The molecule has 0 atom stereocenters. The number of carbonyl (C=O) groups excluding carboxylic acids is 1. The van der Waals surface area contributed by atoms with Crippen molar-refractivity contribution in [3.05, 3.63) is 35.9 Å². The molecule has 0 aliphatic carbocycles. The second kappa shape index (κ2) is 18.1. The molecule has 0 saturated carbocycles. The molecule has 1 aromatic rings. The van der Waals surface area contributed by atoms with E-state index in [1.54, 1.807) is 0 Å². The SMILES string of the molecule is CCCCCCCCCCCCCCCOC(=O)CCCc1ccccc1. The van der Waals surface area contributed by atoms with Crippen molar-refractivity contribution < 1.29 is 9.53 Å². The van der Waals surface area contributed by atoms with E-state index in [0.29, 0.717) is 13.0 Å². The number of hydrogen-bond acceptors (Lipinski definition) is 2. The summed E-state index contributed by atoms with van der Waals surface area (Å²) in [6.07, 6.45) is 19.8. The summed E-state index contributed by atoms with van der Waals surface area (Å²) < 4.78 is 5.34. The van der Waals surface area contributed by atoms with Gasteiger partial charge in [-0.1, -0.05) is 114 Å². The predicted molar refractivity (Wildman–Crippen MR) is 116 cm³/mol. The van der Waals surface area contributed by atoms with Gasteiger partial charge >= 0.3 is 5.97 Å². The van der Waals surface area contributed by atoms with E-state index in [2.05, 4.69) is 19.1 Å². The fourth-order valence-corrected chi connectivity index (χ4v) is 3.46. The van der Waals surface area contributed by atoms with Crippen LogP contribution in [0, 0.1) is 0 Å². The molecule has 1 rings (SSSR count). The highest BCUT2D eigenvalue weighted by Gasteiger charge is 2.03. The van der Waals surface area contributed by atoms with Crippen molar-refractivity contribution in [2.24, 2.45) is 0 Å². The molecule has 2 heteroatoms. The highest BCUT2D eigenvalue weighted by atomic mass is 16.5. The molecule has 0 radical (unpaired) electrons. The van der Waals surface area contributed by atoms with Gasteiger partial charge < -0.3 is 4.74 Å². The number of carbonyl (C=O) groups is 1. The maximum Gasteiger partial charge on any atom is 0.305 e.